The third kappa shape index (κ3) is 2.93. The topological polar surface area (TPSA) is 63.4 Å². The number of hydrogen-bond acceptors (Lipinski definition) is 4. The maximum Gasteiger partial charge on any atom is 0.244 e. The molecule has 1 saturated carbocycles. The molecule has 1 fully saturated rings. The number of hydrogen-bond donors (Lipinski definition) is 1. The first-order valence-corrected chi connectivity index (χ1v) is 8.71. The highest BCUT2D eigenvalue weighted by molar-refractivity contribution is 7.89. The van der Waals surface area contributed by atoms with Gasteiger partial charge in [0.15, 0.2) is 0 Å². The Morgan fingerprint density at radius 2 is 2.22 bits per heavy atom. The Morgan fingerprint density at radius 3 is 2.72 bits per heavy atom. The third-order valence-corrected chi connectivity index (χ3v) is 6.16. The van der Waals surface area contributed by atoms with E-state index < -0.39 is 10.0 Å². The summed E-state index contributed by atoms with van der Waals surface area (Å²) in [5.41, 5.74) is 5.54. The number of thiophene rings is 1. The van der Waals surface area contributed by atoms with E-state index in [9.17, 15) is 8.42 Å². The van der Waals surface area contributed by atoms with Crippen LogP contribution in [0.15, 0.2) is 16.3 Å². The molecule has 0 amide bonds. The second-order valence-corrected chi connectivity index (χ2v) is 7.54. The molecule has 102 valence electrons. The van der Waals surface area contributed by atoms with Crippen molar-refractivity contribution < 1.29 is 8.42 Å². The summed E-state index contributed by atoms with van der Waals surface area (Å²) in [5.74, 6) is 0. The van der Waals surface area contributed by atoms with Crippen LogP contribution in [0.1, 0.15) is 37.5 Å². The molecule has 0 unspecified atom stereocenters. The van der Waals surface area contributed by atoms with Crippen LogP contribution in [0, 0.1) is 0 Å². The quantitative estimate of drug-likeness (QED) is 0.836. The fourth-order valence-electron chi connectivity index (χ4n) is 1.91. The van der Waals surface area contributed by atoms with Crippen molar-refractivity contribution in [1.29, 1.82) is 0 Å². The second-order valence-electron chi connectivity index (χ2n) is 4.65. The summed E-state index contributed by atoms with van der Waals surface area (Å²) >= 11 is 1.42. The normalized spacial score (nSPS) is 16.4. The predicted octanol–water partition coefficient (Wildman–Crippen LogP) is 2.16. The third-order valence-electron chi connectivity index (χ3n) is 3.12. The molecule has 0 atom stereocenters. The van der Waals surface area contributed by atoms with Gasteiger partial charge in [0.25, 0.3) is 0 Å². The predicted molar refractivity (Wildman–Crippen MR) is 74.0 cm³/mol. The van der Waals surface area contributed by atoms with Crippen LogP contribution in [0.4, 0.5) is 0 Å². The Hall–Kier alpha value is -0.430. The number of unbranched alkanes of at least 4 members (excludes halogenated alkanes) is 1. The summed E-state index contributed by atoms with van der Waals surface area (Å²) < 4.78 is 26.8. The van der Waals surface area contributed by atoms with Gasteiger partial charge in [0.2, 0.25) is 10.0 Å². The first kappa shape index (κ1) is 14.0. The van der Waals surface area contributed by atoms with Crippen molar-refractivity contribution >= 4 is 21.4 Å². The van der Waals surface area contributed by atoms with E-state index in [0.29, 0.717) is 18.0 Å². The minimum Gasteiger partial charge on any atom is -0.326 e. The van der Waals surface area contributed by atoms with Crippen molar-refractivity contribution in [1.82, 2.24) is 4.31 Å². The van der Waals surface area contributed by atoms with Crippen LogP contribution in [0.25, 0.3) is 0 Å². The molecule has 1 heterocycles. The maximum absolute atomic E-state index is 12.5. The molecule has 1 aliphatic carbocycles. The summed E-state index contributed by atoms with van der Waals surface area (Å²) in [7, 11) is -3.31. The summed E-state index contributed by atoms with van der Waals surface area (Å²) in [6, 6.07) is 1.93. The van der Waals surface area contributed by atoms with Gasteiger partial charge in [-0.2, -0.15) is 4.31 Å². The van der Waals surface area contributed by atoms with Crippen LogP contribution < -0.4 is 5.73 Å². The average Bonchev–Trinajstić information content (AvgIpc) is 3.05. The van der Waals surface area contributed by atoms with Crippen molar-refractivity contribution in [2.45, 2.75) is 50.1 Å². The lowest BCUT2D eigenvalue weighted by atomic mass is 10.3. The van der Waals surface area contributed by atoms with E-state index in [1.165, 1.54) is 11.3 Å². The molecule has 1 aromatic rings. The zero-order valence-electron chi connectivity index (χ0n) is 10.6. The Kier molecular flexibility index (Phi) is 4.42. The van der Waals surface area contributed by atoms with E-state index in [1.807, 2.05) is 0 Å². The smallest absolute Gasteiger partial charge is 0.244 e. The first-order valence-electron chi connectivity index (χ1n) is 6.39. The molecular weight excluding hydrogens is 268 g/mol. The van der Waals surface area contributed by atoms with Gasteiger partial charge in [0.1, 0.15) is 0 Å². The molecule has 1 aliphatic rings. The van der Waals surface area contributed by atoms with Crippen molar-refractivity contribution in [2.75, 3.05) is 6.54 Å². The highest BCUT2D eigenvalue weighted by Gasteiger charge is 2.37. The molecule has 0 saturated heterocycles. The van der Waals surface area contributed by atoms with E-state index in [0.717, 1.165) is 30.6 Å². The van der Waals surface area contributed by atoms with Crippen LogP contribution in [0.2, 0.25) is 0 Å². The van der Waals surface area contributed by atoms with Gasteiger partial charge in [-0.3, -0.25) is 0 Å². The largest absolute Gasteiger partial charge is 0.326 e. The highest BCUT2D eigenvalue weighted by atomic mass is 32.2. The Labute approximate surface area is 113 Å². The van der Waals surface area contributed by atoms with Crippen molar-refractivity contribution in [3.05, 3.63) is 16.3 Å². The Bertz CT molecular complexity index is 492. The lowest BCUT2D eigenvalue weighted by Gasteiger charge is -2.20. The summed E-state index contributed by atoms with van der Waals surface area (Å²) in [4.78, 5) is 1.33. The SMILES string of the molecule is CCCCN(C1CC1)S(=O)(=O)c1csc(CN)c1. The molecule has 0 aliphatic heterocycles. The zero-order chi connectivity index (χ0) is 13.2. The van der Waals surface area contributed by atoms with Gasteiger partial charge in [0.05, 0.1) is 4.90 Å². The van der Waals surface area contributed by atoms with E-state index in [1.54, 1.807) is 15.8 Å². The molecule has 2 N–H and O–H groups in total. The highest BCUT2D eigenvalue weighted by Crippen LogP contribution is 2.33. The van der Waals surface area contributed by atoms with Gasteiger partial charge in [0, 0.05) is 29.4 Å². The van der Waals surface area contributed by atoms with Crippen molar-refractivity contribution in [3.63, 3.8) is 0 Å². The fourth-order valence-corrected chi connectivity index (χ4v) is 4.78. The summed E-state index contributed by atoms with van der Waals surface area (Å²) in [5, 5.41) is 1.71. The molecule has 0 bridgehead atoms. The van der Waals surface area contributed by atoms with Gasteiger partial charge < -0.3 is 5.73 Å². The van der Waals surface area contributed by atoms with Crippen LogP contribution in [0.5, 0.6) is 0 Å². The minimum absolute atomic E-state index is 0.225. The number of sulfonamides is 1. The lowest BCUT2D eigenvalue weighted by molar-refractivity contribution is 0.396. The summed E-state index contributed by atoms with van der Waals surface area (Å²) in [6.07, 6.45) is 3.92. The molecule has 2 rings (SSSR count). The van der Waals surface area contributed by atoms with Crippen molar-refractivity contribution in [3.8, 4) is 0 Å². The van der Waals surface area contributed by atoms with Gasteiger partial charge in [-0.1, -0.05) is 13.3 Å². The first-order chi connectivity index (χ1) is 8.59. The standard InChI is InChI=1S/C12H20N2O2S2/c1-2-3-6-14(10-4-5-10)18(15,16)12-7-11(8-13)17-9-12/h7,9-10H,2-6,8,13H2,1H3. The minimum atomic E-state index is -3.31. The van der Waals surface area contributed by atoms with E-state index >= 15 is 0 Å². The van der Waals surface area contributed by atoms with Gasteiger partial charge in [-0.15, -0.1) is 11.3 Å². The Balaban J connectivity index is 2.21. The lowest BCUT2D eigenvalue weighted by Crippen LogP contribution is -2.33. The second kappa shape index (κ2) is 5.69. The fraction of sp³-hybridized carbons (Fsp3) is 0.667. The van der Waals surface area contributed by atoms with E-state index in [4.69, 9.17) is 5.73 Å². The molecule has 0 spiro atoms. The number of nitrogens with two attached hydrogens (primary N) is 1. The van der Waals surface area contributed by atoms with Gasteiger partial charge >= 0.3 is 0 Å². The van der Waals surface area contributed by atoms with Crippen LogP contribution in [-0.2, 0) is 16.6 Å². The monoisotopic (exact) mass is 288 g/mol. The van der Waals surface area contributed by atoms with Gasteiger partial charge in [-0.25, -0.2) is 8.42 Å². The molecule has 0 radical (unpaired) electrons. The maximum atomic E-state index is 12.5. The molecule has 0 aromatic carbocycles. The Morgan fingerprint density at radius 1 is 1.50 bits per heavy atom. The number of nitrogens with zero attached hydrogens (tertiary/aromatic N) is 1. The average molecular weight is 288 g/mol. The molecule has 6 heteroatoms. The van der Waals surface area contributed by atoms with Crippen molar-refractivity contribution in [2.24, 2.45) is 5.73 Å². The molecule has 18 heavy (non-hydrogen) atoms. The van der Waals surface area contributed by atoms with Crippen LogP contribution in [-0.4, -0.2) is 25.3 Å². The van der Waals surface area contributed by atoms with E-state index in [-0.39, 0.29) is 6.04 Å². The molecular formula is C12H20N2O2S2. The van der Waals surface area contributed by atoms with E-state index in [2.05, 4.69) is 6.92 Å². The van der Waals surface area contributed by atoms with Gasteiger partial charge in [-0.05, 0) is 25.3 Å². The number of rotatable bonds is 7. The zero-order valence-corrected chi connectivity index (χ0v) is 12.3. The molecule has 4 nitrogen and oxygen atoms in total. The van der Waals surface area contributed by atoms with Crippen LogP contribution >= 0.6 is 11.3 Å². The van der Waals surface area contributed by atoms with Crippen LogP contribution in [0.3, 0.4) is 0 Å². The summed E-state index contributed by atoms with van der Waals surface area (Å²) in [6.45, 7) is 3.12. The molecule has 1 aromatic heterocycles.